The molecule has 0 bridgehead atoms. The van der Waals surface area contributed by atoms with E-state index in [0.29, 0.717) is 0 Å². The summed E-state index contributed by atoms with van der Waals surface area (Å²) in [5, 5.41) is 3.99. The third-order valence-electron chi connectivity index (χ3n) is 4.26. The van der Waals surface area contributed by atoms with E-state index >= 15 is 0 Å². The van der Waals surface area contributed by atoms with E-state index in [1.165, 1.54) is 15.8 Å². The van der Waals surface area contributed by atoms with E-state index in [9.17, 15) is 4.79 Å². The first-order chi connectivity index (χ1) is 11.0. The second-order valence-corrected chi connectivity index (χ2v) is 7.25. The molecule has 0 unspecified atom stereocenters. The van der Waals surface area contributed by atoms with E-state index in [0.717, 1.165) is 49.9 Å². The Morgan fingerprint density at radius 1 is 1.26 bits per heavy atom. The highest BCUT2D eigenvalue weighted by molar-refractivity contribution is 7.22. The summed E-state index contributed by atoms with van der Waals surface area (Å²) < 4.78 is 1.28. The second-order valence-electron chi connectivity index (χ2n) is 6.24. The molecule has 0 atom stereocenters. The number of hydrogen-bond donors (Lipinski definition) is 1. The van der Waals surface area contributed by atoms with Gasteiger partial charge in [0.05, 0.1) is 10.2 Å². The third-order valence-corrected chi connectivity index (χ3v) is 5.33. The summed E-state index contributed by atoms with van der Waals surface area (Å²) in [4.78, 5) is 20.6. The van der Waals surface area contributed by atoms with Crippen molar-refractivity contribution in [2.45, 2.75) is 20.8 Å². The van der Waals surface area contributed by atoms with Gasteiger partial charge in [-0.1, -0.05) is 17.4 Å². The number of carbonyl (C=O) groups is 1. The predicted octanol–water partition coefficient (Wildman–Crippen LogP) is 2.17. The number of aromatic nitrogens is 1. The van der Waals surface area contributed by atoms with Crippen molar-refractivity contribution in [2.75, 3.05) is 44.2 Å². The summed E-state index contributed by atoms with van der Waals surface area (Å²) >= 11 is 1.79. The van der Waals surface area contributed by atoms with Crippen LogP contribution in [0.3, 0.4) is 0 Å². The third kappa shape index (κ3) is 3.82. The maximum Gasteiger partial charge on any atom is 0.216 e. The van der Waals surface area contributed by atoms with Gasteiger partial charge >= 0.3 is 0 Å². The van der Waals surface area contributed by atoms with E-state index in [1.54, 1.807) is 18.3 Å². The molecular weight excluding hydrogens is 308 g/mol. The Labute approximate surface area is 141 Å². The molecule has 0 aliphatic carbocycles. The summed E-state index contributed by atoms with van der Waals surface area (Å²) in [7, 11) is 0. The molecule has 1 fully saturated rings. The lowest BCUT2D eigenvalue weighted by atomic mass is 10.1. The van der Waals surface area contributed by atoms with Gasteiger partial charge in [-0.2, -0.15) is 0 Å². The molecule has 1 amide bonds. The minimum atomic E-state index is 0.0452. The number of piperazine rings is 1. The largest absolute Gasteiger partial charge is 0.355 e. The van der Waals surface area contributed by atoms with Crippen molar-refractivity contribution in [1.82, 2.24) is 15.2 Å². The number of rotatable bonds is 4. The predicted molar refractivity (Wildman–Crippen MR) is 96.4 cm³/mol. The van der Waals surface area contributed by atoms with E-state index in [4.69, 9.17) is 4.98 Å². The average Bonchev–Trinajstić information content (AvgIpc) is 2.92. The zero-order valence-corrected chi connectivity index (χ0v) is 14.9. The number of anilines is 1. The molecular formula is C17H24N4OS. The SMILES string of the molecule is CC(=O)NCCN1CCN(c2nc3c(C)cc(C)cc3s2)CC1. The topological polar surface area (TPSA) is 48.5 Å². The normalized spacial score (nSPS) is 16.0. The maximum atomic E-state index is 10.9. The van der Waals surface area contributed by atoms with Crippen molar-refractivity contribution in [3.63, 3.8) is 0 Å². The van der Waals surface area contributed by atoms with Gasteiger partial charge in [0, 0.05) is 46.2 Å². The van der Waals surface area contributed by atoms with Crippen molar-refractivity contribution in [3.05, 3.63) is 23.3 Å². The van der Waals surface area contributed by atoms with Crippen LogP contribution in [0.1, 0.15) is 18.1 Å². The van der Waals surface area contributed by atoms with Gasteiger partial charge in [-0.05, 0) is 31.0 Å². The molecule has 23 heavy (non-hydrogen) atoms. The van der Waals surface area contributed by atoms with Crippen LogP contribution in [0.5, 0.6) is 0 Å². The van der Waals surface area contributed by atoms with E-state index in [-0.39, 0.29) is 5.91 Å². The first kappa shape index (κ1) is 16.2. The van der Waals surface area contributed by atoms with Crippen molar-refractivity contribution >= 4 is 32.6 Å². The fourth-order valence-electron chi connectivity index (χ4n) is 3.05. The Kier molecular flexibility index (Phi) is 4.82. The van der Waals surface area contributed by atoms with Gasteiger partial charge in [-0.25, -0.2) is 4.98 Å². The quantitative estimate of drug-likeness (QED) is 0.932. The number of thiazole rings is 1. The maximum absolute atomic E-state index is 10.9. The molecule has 1 N–H and O–H groups in total. The molecule has 5 nitrogen and oxygen atoms in total. The lowest BCUT2D eigenvalue weighted by Gasteiger charge is -2.34. The van der Waals surface area contributed by atoms with Crippen LogP contribution in [-0.2, 0) is 4.79 Å². The molecule has 1 aromatic heterocycles. The van der Waals surface area contributed by atoms with Crippen molar-refractivity contribution < 1.29 is 4.79 Å². The Morgan fingerprint density at radius 2 is 2.00 bits per heavy atom. The van der Waals surface area contributed by atoms with Crippen LogP contribution in [0.15, 0.2) is 12.1 Å². The fourth-order valence-corrected chi connectivity index (χ4v) is 4.24. The number of nitrogens with zero attached hydrogens (tertiary/aromatic N) is 3. The van der Waals surface area contributed by atoms with Crippen LogP contribution in [0, 0.1) is 13.8 Å². The van der Waals surface area contributed by atoms with Crippen molar-refractivity contribution in [3.8, 4) is 0 Å². The summed E-state index contributed by atoms with van der Waals surface area (Å²) in [6, 6.07) is 4.43. The molecule has 0 radical (unpaired) electrons. The van der Waals surface area contributed by atoms with Gasteiger partial charge in [0.15, 0.2) is 5.13 Å². The fraction of sp³-hybridized carbons (Fsp3) is 0.529. The number of fused-ring (bicyclic) bond motifs is 1. The first-order valence-corrected chi connectivity index (χ1v) is 8.94. The highest BCUT2D eigenvalue weighted by Crippen LogP contribution is 2.31. The van der Waals surface area contributed by atoms with Gasteiger partial charge in [-0.3, -0.25) is 9.69 Å². The summed E-state index contributed by atoms with van der Waals surface area (Å²) in [6.07, 6.45) is 0. The van der Waals surface area contributed by atoms with Gasteiger partial charge in [-0.15, -0.1) is 0 Å². The molecule has 2 heterocycles. The molecule has 0 spiro atoms. The molecule has 124 valence electrons. The Balaban J connectivity index is 1.61. The molecule has 3 rings (SSSR count). The zero-order valence-electron chi connectivity index (χ0n) is 14.1. The summed E-state index contributed by atoms with van der Waals surface area (Å²) in [6.45, 7) is 11.5. The molecule has 1 aromatic carbocycles. The molecule has 0 saturated carbocycles. The van der Waals surface area contributed by atoms with Crippen LogP contribution < -0.4 is 10.2 Å². The number of benzene rings is 1. The van der Waals surface area contributed by atoms with Gasteiger partial charge in [0.2, 0.25) is 5.91 Å². The van der Waals surface area contributed by atoms with Crippen LogP contribution in [-0.4, -0.2) is 55.1 Å². The molecule has 2 aromatic rings. The lowest BCUT2D eigenvalue weighted by molar-refractivity contribution is -0.119. The Morgan fingerprint density at radius 3 is 2.70 bits per heavy atom. The number of carbonyl (C=O) groups excluding carboxylic acids is 1. The second kappa shape index (κ2) is 6.84. The van der Waals surface area contributed by atoms with E-state index in [1.807, 2.05) is 0 Å². The first-order valence-electron chi connectivity index (χ1n) is 8.12. The number of aryl methyl sites for hydroxylation is 2. The molecule has 6 heteroatoms. The van der Waals surface area contributed by atoms with Crippen molar-refractivity contribution in [2.24, 2.45) is 0 Å². The van der Waals surface area contributed by atoms with Crippen LogP contribution in [0.2, 0.25) is 0 Å². The summed E-state index contributed by atoms with van der Waals surface area (Å²) in [5.74, 6) is 0.0452. The minimum absolute atomic E-state index is 0.0452. The number of hydrogen-bond acceptors (Lipinski definition) is 5. The van der Waals surface area contributed by atoms with Crippen LogP contribution >= 0.6 is 11.3 Å². The summed E-state index contributed by atoms with van der Waals surface area (Å²) in [5.41, 5.74) is 3.70. The highest BCUT2D eigenvalue weighted by Gasteiger charge is 2.20. The smallest absolute Gasteiger partial charge is 0.216 e. The van der Waals surface area contributed by atoms with E-state index in [2.05, 4.69) is 41.1 Å². The van der Waals surface area contributed by atoms with Crippen LogP contribution in [0.25, 0.3) is 10.2 Å². The molecule has 1 aliphatic heterocycles. The molecule has 1 aliphatic rings. The zero-order chi connectivity index (χ0) is 16.4. The number of amides is 1. The Bertz CT molecular complexity index is 704. The monoisotopic (exact) mass is 332 g/mol. The average molecular weight is 332 g/mol. The molecule has 1 saturated heterocycles. The highest BCUT2D eigenvalue weighted by atomic mass is 32.1. The van der Waals surface area contributed by atoms with Gasteiger partial charge in [0.25, 0.3) is 0 Å². The lowest BCUT2D eigenvalue weighted by Crippen LogP contribution is -2.48. The standard InChI is InChI=1S/C17H24N4OS/c1-12-10-13(2)16-15(11-12)23-17(19-16)21-8-6-20(7-9-21)5-4-18-14(3)22/h10-11H,4-9H2,1-3H3,(H,18,22). The van der Waals surface area contributed by atoms with Gasteiger partial charge < -0.3 is 10.2 Å². The Hall–Kier alpha value is -1.66. The van der Waals surface area contributed by atoms with Crippen LogP contribution in [0.4, 0.5) is 5.13 Å². The van der Waals surface area contributed by atoms with Gasteiger partial charge in [0.1, 0.15) is 0 Å². The number of nitrogens with one attached hydrogen (secondary N) is 1. The van der Waals surface area contributed by atoms with E-state index < -0.39 is 0 Å². The minimum Gasteiger partial charge on any atom is -0.355 e. The van der Waals surface area contributed by atoms with Crippen molar-refractivity contribution in [1.29, 1.82) is 0 Å².